The van der Waals surface area contributed by atoms with Crippen molar-refractivity contribution < 1.29 is 40.7 Å². The summed E-state index contributed by atoms with van der Waals surface area (Å²) in [5, 5.41) is 3.02. The zero-order valence-corrected chi connectivity index (χ0v) is 12.2. The van der Waals surface area contributed by atoms with E-state index in [9.17, 15) is 31.2 Å². The fraction of sp³-hybridized carbons (Fsp3) is 0.300. The first-order valence-corrected chi connectivity index (χ1v) is 6.98. The summed E-state index contributed by atoms with van der Waals surface area (Å²) in [6.45, 7) is 5.76. The molecule has 13 heteroatoms. The maximum absolute atomic E-state index is 12.3. The SMILES string of the molecule is C=CCOC(=O)NC(=NS(=O)(=O)C(F)(F)F)NC(=O)OCC=C. The number of nitrogens with one attached hydrogen (secondary N) is 2. The Morgan fingerprint density at radius 3 is 1.74 bits per heavy atom. The lowest BCUT2D eigenvalue weighted by molar-refractivity contribution is -0.0435. The van der Waals surface area contributed by atoms with Crippen LogP contribution in [0.25, 0.3) is 0 Å². The number of hydrogen-bond donors (Lipinski definition) is 2. The van der Waals surface area contributed by atoms with Crippen LogP contribution in [0.3, 0.4) is 0 Å². The van der Waals surface area contributed by atoms with Crippen LogP contribution in [0.2, 0.25) is 0 Å². The van der Waals surface area contributed by atoms with Gasteiger partial charge in [0, 0.05) is 0 Å². The monoisotopic (exact) mass is 359 g/mol. The van der Waals surface area contributed by atoms with E-state index in [1.807, 2.05) is 0 Å². The Bertz CT molecular complexity index is 571. The standard InChI is InChI=1S/C10H12F3N3O6S/c1-3-5-21-8(17)14-7(15-9(18)22-6-4-2)16-23(19,20)10(11,12)13/h3-4H,1-2,5-6H2,(H2,14,15,16,17,18). The van der Waals surface area contributed by atoms with Gasteiger partial charge in [-0.05, 0) is 0 Å². The molecular formula is C10H12F3N3O6S. The van der Waals surface area contributed by atoms with Gasteiger partial charge in [-0.15, -0.1) is 4.40 Å². The third-order valence-electron chi connectivity index (χ3n) is 1.61. The van der Waals surface area contributed by atoms with E-state index in [1.54, 1.807) is 0 Å². The van der Waals surface area contributed by atoms with E-state index in [0.717, 1.165) is 12.2 Å². The molecular weight excluding hydrogens is 347 g/mol. The van der Waals surface area contributed by atoms with Gasteiger partial charge in [-0.25, -0.2) is 9.59 Å². The number of alkyl carbamates (subject to hydrolysis) is 2. The molecule has 0 aliphatic carbocycles. The number of alkyl halides is 3. The number of halogens is 3. The molecule has 0 aromatic heterocycles. The normalized spacial score (nSPS) is 10.9. The predicted octanol–water partition coefficient (Wildman–Crippen LogP) is 1.02. The van der Waals surface area contributed by atoms with Gasteiger partial charge in [0.15, 0.2) is 0 Å². The Morgan fingerprint density at radius 2 is 1.43 bits per heavy atom. The highest BCUT2D eigenvalue weighted by Crippen LogP contribution is 2.24. The fourth-order valence-electron chi connectivity index (χ4n) is 0.784. The molecule has 0 spiro atoms. The first-order valence-electron chi connectivity index (χ1n) is 5.54. The lowest BCUT2D eigenvalue weighted by Gasteiger charge is -2.11. The Balaban J connectivity index is 5.29. The van der Waals surface area contributed by atoms with Crippen LogP contribution >= 0.6 is 0 Å². The lowest BCUT2D eigenvalue weighted by atomic mass is 10.7. The molecule has 23 heavy (non-hydrogen) atoms. The number of hydrogen-bond acceptors (Lipinski definition) is 6. The van der Waals surface area contributed by atoms with E-state index >= 15 is 0 Å². The van der Waals surface area contributed by atoms with Gasteiger partial charge in [-0.2, -0.15) is 21.6 Å². The van der Waals surface area contributed by atoms with Crippen LogP contribution in [0.15, 0.2) is 29.7 Å². The van der Waals surface area contributed by atoms with Crippen LogP contribution in [-0.2, 0) is 19.5 Å². The summed E-state index contributed by atoms with van der Waals surface area (Å²) in [6.07, 6.45) is -0.501. The molecule has 0 bridgehead atoms. The van der Waals surface area contributed by atoms with Crippen molar-refractivity contribution in [3.63, 3.8) is 0 Å². The van der Waals surface area contributed by atoms with Crippen molar-refractivity contribution >= 4 is 28.2 Å². The molecule has 0 unspecified atom stereocenters. The van der Waals surface area contributed by atoms with E-state index in [-0.39, 0.29) is 13.2 Å². The van der Waals surface area contributed by atoms with Crippen molar-refractivity contribution in [3.05, 3.63) is 25.3 Å². The number of carbonyl (C=O) groups is 2. The molecule has 2 N–H and O–H groups in total. The molecule has 0 radical (unpaired) electrons. The van der Waals surface area contributed by atoms with Crippen LogP contribution in [-0.4, -0.2) is 45.3 Å². The number of amides is 2. The average molecular weight is 359 g/mol. The minimum absolute atomic E-state index is 0.327. The molecule has 2 amide bonds. The highest BCUT2D eigenvalue weighted by Gasteiger charge is 2.46. The molecule has 0 saturated heterocycles. The molecule has 0 aromatic carbocycles. The van der Waals surface area contributed by atoms with Crippen molar-refractivity contribution in [2.75, 3.05) is 13.2 Å². The van der Waals surface area contributed by atoms with E-state index in [0.29, 0.717) is 0 Å². The van der Waals surface area contributed by atoms with Crippen LogP contribution in [0.4, 0.5) is 22.8 Å². The molecule has 0 saturated carbocycles. The Morgan fingerprint density at radius 1 is 1.04 bits per heavy atom. The second-order valence-electron chi connectivity index (χ2n) is 3.38. The second kappa shape index (κ2) is 8.77. The molecule has 0 aliphatic rings. The average Bonchev–Trinajstić information content (AvgIpc) is 2.41. The van der Waals surface area contributed by atoms with E-state index in [4.69, 9.17) is 0 Å². The van der Waals surface area contributed by atoms with Crippen LogP contribution in [0.5, 0.6) is 0 Å². The minimum Gasteiger partial charge on any atom is -0.445 e. The van der Waals surface area contributed by atoms with Crippen LogP contribution < -0.4 is 10.6 Å². The summed E-state index contributed by atoms with van der Waals surface area (Å²) >= 11 is 0. The van der Waals surface area contributed by atoms with E-state index in [2.05, 4.69) is 27.0 Å². The zero-order chi connectivity index (χ0) is 18.1. The number of carbonyl (C=O) groups excluding carboxylic acids is 2. The van der Waals surface area contributed by atoms with Gasteiger partial charge in [0.25, 0.3) is 0 Å². The smallest absolute Gasteiger partial charge is 0.445 e. The first kappa shape index (κ1) is 20.4. The van der Waals surface area contributed by atoms with Gasteiger partial charge < -0.3 is 9.47 Å². The number of nitrogens with zero attached hydrogens (tertiary/aromatic N) is 1. The predicted molar refractivity (Wildman–Crippen MR) is 71.8 cm³/mol. The summed E-state index contributed by atoms with van der Waals surface area (Å²) in [5.41, 5.74) is -5.74. The first-order chi connectivity index (χ1) is 10.5. The van der Waals surface area contributed by atoms with E-state index in [1.165, 1.54) is 10.6 Å². The van der Waals surface area contributed by atoms with E-state index < -0.39 is 33.7 Å². The number of guanidine groups is 1. The molecule has 0 fully saturated rings. The largest absolute Gasteiger partial charge is 0.518 e. The minimum atomic E-state index is -6.02. The van der Waals surface area contributed by atoms with Crippen molar-refractivity contribution in [1.29, 1.82) is 0 Å². The lowest BCUT2D eigenvalue weighted by Crippen LogP contribution is -2.45. The Hall–Kier alpha value is -2.57. The number of rotatable bonds is 5. The van der Waals surface area contributed by atoms with Crippen molar-refractivity contribution in [3.8, 4) is 0 Å². The summed E-state index contributed by atoms with van der Waals surface area (Å²) in [4.78, 5) is 22.4. The Kier molecular flexibility index (Phi) is 7.79. The third-order valence-corrected chi connectivity index (χ3v) is 2.62. The maximum atomic E-state index is 12.3. The third kappa shape index (κ3) is 7.85. The highest BCUT2D eigenvalue weighted by molar-refractivity contribution is 7.91. The topological polar surface area (TPSA) is 123 Å². The molecule has 9 nitrogen and oxygen atoms in total. The molecule has 0 rings (SSSR count). The zero-order valence-electron chi connectivity index (χ0n) is 11.4. The van der Waals surface area contributed by atoms with Crippen molar-refractivity contribution in [2.24, 2.45) is 4.40 Å². The number of ether oxygens (including phenoxy) is 2. The van der Waals surface area contributed by atoms with Gasteiger partial charge in [0.1, 0.15) is 13.2 Å². The molecule has 0 atom stereocenters. The van der Waals surface area contributed by atoms with Crippen molar-refractivity contribution in [2.45, 2.75) is 5.51 Å². The molecule has 0 aromatic rings. The summed E-state index contributed by atoms with van der Waals surface area (Å²) in [6, 6.07) is 0. The maximum Gasteiger partial charge on any atom is 0.518 e. The summed E-state index contributed by atoms with van der Waals surface area (Å²) in [5.74, 6) is -1.36. The molecule has 130 valence electrons. The van der Waals surface area contributed by atoms with Gasteiger partial charge in [0.05, 0.1) is 0 Å². The van der Waals surface area contributed by atoms with Crippen molar-refractivity contribution in [1.82, 2.24) is 10.6 Å². The summed E-state index contributed by atoms with van der Waals surface area (Å²) < 4.78 is 69.6. The van der Waals surface area contributed by atoms with Gasteiger partial charge >= 0.3 is 27.7 Å². The molecule has 0 heterocycles. The summed E-state index contributed by atoms with van der Waals surface area (Å²) in [7, 11) is -6.02. The Labute approximate surface area is 128 Å². The number of sulfonamides is 1. The van der Waals surface area contributed by atoms with Gasteiger partial charge in [-0.1, -0.05) is 25.3 Å². The second-order valence-corrected chi connectivity index (χ2v) is 4.98. The van der Waals surface area contributed by atoms with Crippen LogP contribution in [0, 0.1) is 0 Å². The highest BCUT2D eigenvalue weighted by atomic mass is 32.2. The van der Waals surface area contributed by atoms with Crippen LogP contribution in [0.1, 0.15) is 0 Å². The quantitative estimate of drug-likeness (QED) is 0.429. The fourth-order valence-corrected chi connectivity index (χ4v) is 1.22. The molecule has 0 aliphatic heterocycles. The van der Waals surface area contributed by atoms with Gasteiger partial charge in [0.2, 0.25) is 5.96 Å². The van der Waals surface area contributed by atoms with Gasteiger partial charge in [-0.3, -0.25) is 10.6 Å².